The Balaban J connectivity index is 2.20. The third-order valence-corrected chi connectivity index (χ3v) is 2.70. The first kappa shape index (κ1) is 14.6. The molecule has 0 spiro atoms. The fourth-order valence-electron chi connectivity index (χ4n) is 1.68. The number of carbonyl (C=O) groups excluding carboxylic acids is 1. The van der Waals surface area contributed by atoms with E-state index in [1.54, 1.807) is 6.20 Å². The summed E-state index contributed by atoms with van der Waals surface area (Å²) in [6, 6.07) is 0. The van der Waals surface area contributed by atoms with Crippen LogP contribution in [-0.2, 0) is 16.1 Å². The van der Waals surface area contributed by atoms with E-state index in [1.165, 1.54) is 0 Å². The van der Waals surface area contributed by atoms with Crippen LogP contribution in [0.2, 0.25) is 0 Å². The van der Waals surface area contributed by atoms with Crippen LogP contribution < -0.4 is 5.73 Å². The van der Waals surface area contributed by atoms with E-state index in [0.717, 1.165) is 25.8 Å². The second-order valence-corrected chi connectivity index (χ2v) is 4.36. The van der Waals surface area contributed by atoms with Crippen molar-refractivity contribution < 1.29 is 9.53 Å². The minimum absolute atomic E-state index is 0.121. The topological polar surface area (TPSA) is 70.1 Å². The van der Waals surface area contributed by atoms with E-state index in [1.807, 2.05) is 17.7 Å². The van der Waals surface area contributed by atoms with Gasteiger partial charge in [-0.05, 0) is 19.8 Å². The summed E-state index contributed by atoms with van der Waals surface area (Å²) in [5.74, 6) is 0.527. The van der Waals surface area contributed by atoms with Gasteiger partial charge in [0.15, 0.2) is 5.82 Å². The van der Waals surface area contributed by atoms with E-state index >= 15 is 0 Å². The summed E-state index contributed by atoms with van der Waals surface area (Å²) in [5, 5.41) is 0. The Hall–Kier alpha value is -1.43. The molecular weight excluding hydrogens is 250 g/mol. The van der Waals surface area contributed by atoms with Crippen LogP contribution >= 0.6 is 12.2 Å². The molecule has 1 heterocycles. The van der Waals surface area contributed by atoms with Crippen LogP contribution in [-0.4, -0.2) is 27.1 Å². The second-order valence-electron chi connectivity index (χ2n) is 3.92. The number of ether oxygens (including phenoxy) is 1. The third kappa shape index (κ3) is 4.83. The lowest BCUT2D eigenvalue weighted by atomic mass is 10.2. The summed E-state index contributed by atoms with van der Waals surface area (Å²) in [5.41, 5.74) is 5.55. The number of hydrogen-bond acceptors (Lipinski definition) is 4. The molecule has 0 saturated carbocycles. The summed E-state index contributed by atoms with van der Waals surface area (Å²) < 4.78 is 6.79. The standard InChI is InChI=1S/C12H19N3O2S/c1-2-17-10(16)6-4-3-5-8-15-9-7-14-12(15)11(13)18/h7,9H,2-6,8H2,1H3,(H2,13,18). The van der Waals surface area contributed by atoms with E-state index in [9.17, 15) is 4.79 Å². The van der Waals surface area contributed by atoms with E-state index in [2.05, 4.69) is 4.98 Å². The Kier molecular flexibility index (Phi) is 6.35. The molecule has 0 bridgehead atoms. The van der Waals surface area contributed by atoms with Crippen molar-refractivity contribution in [1.29, 1.82) is 0 Å². The highest BCUT2D eigenvalue weighted by molar-refractivity contribution is 7.80. The number of nitrogens with zero attached hydrogens (tertiary/aromatic N) is 2. The minimum Gasteiger partial charge on any atom is -0.466 e. The molecule has 100 valence electrons. The average molecular weight is 269 g/mol. The van der Waals surface area contributed by atoms with Gasteiger partial charge in [0.05, 0.1) is 6.61 Å². The van der Waals surface area contributed by atoms with Crippen molar-refractivity contribution in [2.75, 3.05) is 6.61 Å². The lowest BCUT2D eigenvalue weighted by molar-refractivity contribution is -0.143. The Labute approximate surface area is 112 Å². The summed E-state index contributed by atoms with van der Waals surface area (Å²) in [6.45, 7) is 3.08. The van der Waals surface area contributed by atoms with Crippen LogP contribution in [0, 0.1) is 0 Å². The fourth-order valence-corrected chi connectivity index (χ4v) is 1.85. The number of thiocarbonyl (C=S) groups is 1. The molecule has 0 amide bonds. The van der Waals surface area contributed by atoms with E-state index in [4.69, 9.17) is 22.7 Å². The van der Waals surface area contributed by atoms with Crippen LogP contribution in [0.15, 0.2) is 12.4 Å². The fraction of sp³-hybridized carbons (Fsp3) is 0.583. The first-order valence-corrected chi connectivity index (χ1v) is 6.52. The molecule has 0 fully saturated rings. The van der Waals surface area contributed by atoms with Gasteiger partial charge in [-0.2, -0.15) is 0 Å². The van der Waals surface area contributed by atoms with Gasteiger partial charge in [-0.1, -0.05) is 18.6 Å². The first-order valence-electron chi connectivity index (χ1n) is 6.11. The molecule has 0 radical (unpaired) electrons. The predicted molar refractivity (Wildman–Crippen MR) is 73.2 cm³/mol. The van der Waals surface area contributed by atoms with Crippen molar-refractivity contribution in [3.63, 3.8) is 0 Å². The maximum Gasteiger partial charge on any atom is 0.305 e. The van der Waals surface area contributed by atoms with Crippen molar-refractivity contribution >= 4 is 23.2 Å². The van der Waals surface area contributed by atoms with Crippen LogP contribution in [0.4, 0.5) is 0 Å². The summed E-state index contributed by atoms with van der Waals surface area (Å²) >= 11 is 4.90. The molecule has 0 aliphatic carbocycles. The van der Waals surface area contributed by atoms with Crippen LogP contribution in [0.5, 0.6) is 0 Å². The second kappa shape index (κ2) is 7.81. The lowest BCUT2D eigenvalue weighted by Crippen LogP contribution is -2.16. The highest BCUT2D eigenvalue weighted by atomic mass is 32.1. The highest BCUT2D eigenvalue weighted by Gasteiger charge is 2.05. The SMILES string of the molecule is CCOC(=O)CCCCCn1ccnc1C(N)=S. The monoisotopic (exact) mass is 269 g/mol. The van der Waals surface area contributed by atoms with Gasteiger partial charge in [0, 0.05) is 25.4 Å². The van der Waals surface area contributed by atoms with Gasteiger partial charge < -0.3 is 15.0 Å². The zero-order valence-electron chi connectivity index (χ0n) is 10.6. The quantitative estimate of drug-likeness (QED) is 0.441. The minimum atomic E-state index is -0.121. The molecule has 0 unspecified atom stereocenters. The smallest absolute Gasteiger partial charge is 0.305 e. The Bertz CT molecular complexity index is 404. The van der Waals surface area contributed by atoms with Crippen LogP contribution in [0.3, 0.4) is 0 Å². The molecule has 6 heteroatoms. The first-order chi connectivity index (χ1) is 8.65. The average Bonchev–Trinajstić information content (AvgIpc) is 2.77. The molecule has 5 nitrogen and oxygen atoms in total. The molecule has 1 rings (SSSR count). The normalized spacial score (nSPS) is 10.3. The number of aryl methyl sites for hydroxylation is 1. The molecule has 18 heavy (non-hydrogen) atoms. The molecule has 0 aliphatic heterocycles. The van der Waals surface area contributed by atoms with Gasteiger partial charge in [-0.15, -0.1) is 0 Å². The third-order valence-electron chi connectivity index (χ3n) is 2.52. The van der Waals surface area contributed by atoms with E-state index < -0.39 is 0 Å². The number of unbranched alkanes of at least 4 members (excludes halogenated alkanes) is 2. The van der Waals surface area contributed by atoms with Crippen molar-refractivity contribution in [1.82, 2.24) is 9.55 Å². The number of aromatic nitrogens is 2. The van der Waals surface area contributed by atoms with Gasteiger partial charge >= 0.3 is 5.97 Å². The van der Waals surface area contributed by atoms with Gasteiger partial charge in [0.2, 0.25) is 0 Å². The van der Waals surface area contributed by atoms with Gasteiger partial charge in [0.1, 0.15) is 4.99 Å². The van der Waals surface area contributed by atoms with E-state index in [0.29, 0.717) is 23.8 Å². The molecule has 0 aromatic carbocycles. The number of rotatable bonds is 8. The van der Waals surface area contributed by atoms with Crippen molar-refractivity contribution in [2.45, 2.75) is 39.2 Å². The number of nitrogens with two attached hydrogens (primary N) is 1. The lowest BCUT2D eigenvalue weighted by Gasteiger charge is -2.06. The predicted octanol–water partition coefficient (Wildman–Crippen LogP) is 1.64. The maximum absolute atomic E-state index is 11.1. The Morgan fingerprint density at radius 1 is 1.50 bits per heavy atom. The van der Waals surface area contributed by atoms with E-state index in [-0.39, 0.29) is 5.97 Å². The Morgan fingerprint density at radius 3 is 2.94 bits per heavy atom. The maximum atomic E-state index is 11.1. The van der Waals surface area contributed by atoms with Crippen molar-refractivity contribution in [3.05, 3.63) is 18.2 Å². The molecular formula is C12H19N3O2S. The number of imidazole rings is 1. The zero-order chi connectivity index (χ0) is 13.4. The van der Waals surface area contributed by atoms with Crippen molar-refractivity contribution in [3.8, 4) is 0 Å². The molecule has 2 N–H and O–H groups in total. The van der Waals surface area contributed by atoms with Crippen molar-refractivity contribution in [2.24, 2.45) is 5.73 Å². The van der Waals surface area contributed by atoms with Gasteiger partial charge in [0.25, 0.3) is 0 Å². The number of esters is 1. The molecule has 1 aromatic rings. The zero-order valence-corrected chi connectivity index (χ0v) is 11.4. The number of carbonyl (C=O) groups is 1. The van der Waals surface area contributed by atoms with Gasteiger partial charge in [-0.25, -0.2) is 4.98 Å². The summed E-state index contributed by atoms with van der Waals surface area (Å²) in [6.07, 6.45) is 6.81. The largest absolute Gasteiger partial charge is 0.466 e. The molecule has 0 atom stereocenters. The summed E-state index contributed by atoms with van der Waals surface area (Å²) in [4.78, 5) is 15.5. The highest BCUT2D eigenvalue weighted by Crippen LogP contribution is 2.05. The Morgan fingerprint density at radius 2 is 2.28 bits per heavy atom. The van der Waals surface area contributed by atoms with Crippen LogP contribution in [0.1, 0.15) is 38.4 Å². The number of hydrogen-bond donors (Lipinski definition) is 1. The molecule has 0 saturated heterocycles. The van der Waals surface area contributed by atoms with Gasteiger partial charge in [-0.3, -0.25) is 4.79 Å². The summed E-state index contributed by atoms with van der Waals surface area (Å²) in [7, 11) is 0. The molecule has 1 aromatic heterocycles. The van der Waals surface area contributed by atoms with Crippen LogP contribution in [0.25, 0.3) is 0 Å². The molecule has 0 aliphatic rings.